The minimum atomic E-state index is -4.60. The molecule has 3 rings (SSSR count). The first-order valence-corrected chi connectivity index (χ1v) is 6.28. The van der Waals surface area contributed by atoms with Crippen molar-refractivity contribution in [1.29, 1.82) is 0 Å². The number of hydrogen-bond donors (Lipinski definition) is 1. The second-order valence-electron chi connectivity index (χ2n) is 3.80. The van der Waals surface area contributed by atoms with E-state index in [1.807, 2.05) is 0 Å². The Morgan fingerprint density at radius 3 is 2.67 bits per heavy atom. The molecule has 0 atom stereocenters. The number of halogens is 3. The molecular weight excluding hydrogens is 309 g/mol. The zero-order chi connectivity index (χ0) is 15.0. The zero-order valence-electron chi connectivity index (χ0n) is 10.00. The van der Waals surface area contributed by atoms with Crippen LogP contribution in [0.15, 0.2) is 29.2 Å². The Bertz CT molecular complexity index is 821. The predicted octanol–water partition coefficient (Wildman–Crippen LogP) is 1.49. The molecule has 11 heteroatoms. The molecule has 0 bridgehead atoms. The molecule has 21 heavy (non-hydrogen) atoms. The van der Waals surface area contributed by atoms with E-state index in [-0.39, 0.29) is 27.9 Å². The number of hydrogen-bond acceptors (Lipinski definition) is 6. The summed E-state index contributed by atoms with van der Waals surface area (Å²) in [6.45, 7) is 0. The third kappa shape index (κ3) is 2.42. The fourth-order valence-electron chi connectivity index (χ4n) is 1.51. The highest BCUT2D eigenvalue weighted by Gasteiger charge is 2.36. The van der Waals surface area contributed by atoms with E-state index in [1.165, 1.54) is 6.20 Å². The summed E-state index contributed by atoms with van der Waals surface area (Å²) in [5.74, 6) is 0.266. The van der Waals surface area contributed by atoms with Crippen LogP contribution in [0.1, 0.15) is 5.01 Å². The Morgan fingerprint density at radius 2 is 2.05 bits per heavy atom. The average Bonchev–Trinajstić information content (AvgIpc) is 3.05. The van der Waals surface area contributed by atoms with Gasteiger partial charge in [0.05, 0.1) is 0 Å². The van der Waals surface area contributed by atoms with Crippen LogP contribution >= 0.6 is 11.3 Å². The van der Waals surface area contributed by atoms with Gasteiger partial charge in [-0.2, -0.15) is 23.0 Å². The maximum absolute atomic E-state index is 12.5. The van der Waals surface area contributed by atoms with Crippen LogP contribution in [0.4, 0.5) is 13.2 Å². The summed E-state index contributed by atoms with van der Waals surface area (Å²) < 4.78 is 38.4. The molecule has 0 unspecified atom stereocenters. The van der Waals surface area contributed by atoms with Crippen LogP contribution in [-0.4, -0.2) is 30.2 Å². The lowest BCUT2D eigenvalue weighted by Crippen LogP contribution is -2.16. The monoisotopic (exact) mass is 314 g/mol. The first-order chi connectivity index (χ1) is 9.97. The summed E-state index contributed by atoms with van der Waals surface area (Å²) in [5.41, 5.74) is -0.896. The minimum Gasteiger partial charge on any atom is -0.265 e. The fourth-order valence-corrected chi connectivity index (χ4v) is 2.20. The van der Waals surface area contributed by atoms with Gasteiger partial charge in [-0.1, -0.05) is 17.4 Å². The maximum atomic E-state index is 12.5. The van der Waals surface area contributed by atoms with Gasteiger partial charge < -0.3 is 0 Å². The summed E-state index contributed by atoms with van der Waals surface area (Å²) in [5, 5.41) is 11.1. The van der Waals surface area contributed by atoms with Crippen molar-refractivity contribution in [2.45, 2.75) is 6.18 Å². The van der Waals surface area contributed by atoms with Crippen LogP contribution in [0.5, 0.6) is 0 Å². The Morgan fingerprint density at radius 1 is 1.24 bits per heavy atom. The molecule has 0 amide bonds. The van der Waals surface area contributed by atoms with Crippen molar-refractivity contribution in [3.63, 3.8) is 0 Å². The molecule has 0 radical (unpaired) electrons. The normalized spacial score (nSPS) is 11.8. The zero-order valence-corrected chi connectivity index (χ0v) is 10.8. The van der Waals surface area contributed by atoms with Gasteiger partial charge in [0.2, 0.25) is 5.01 Å². The highest BCUT2D eigenvalue weighted by Crippen LogP contribution is 2.33. The number of nitrogens with one attached hydrogen (secondary N) is 1. The van der Waals surface area contributed by atoms with E-state index in [9.17, 15) is 18.0 Å². The molecule has 0 spiro atoms. The number of rotatable bonds is 2. The molecule has 0 saturated heterocycles. The summed E-state index contributed by atoms with van der Waals surface area (Å²) in [4.78, 5) is 16.1. The molecule has 3 aromatic heterocycles. The molecule has 0 aromatic carbocycles. The Balaban J connectivity index is 2.04. The summed E-state index contributed by atoms with van der Waals surface area (Å²) in [6.07, 6.45) is -3.14. The van der Waals surface area contributed by atoms with Gasteiger partial charge in [-0.3, -0.25) is 4.79 Å². The van der Waals surface area contributed by atoms with Gasteiger partial charge in [-0.15, -0.1) is 10.2 Å². The molecule has 3 heterocycles. The Kier molecular flexibility index (Phi) is 3.05. The van der Waals surface area contributed by atoms with Crippen molar-refractivity contribution >= 4 is 11.3 Å². The van der Waals surface area contributed by atoms with Crippen LogP contribution in [0.2, 0.25) is 0 Å². The molecule has 1 N–H and O–H groups in total. The standard InChI is InChI=1S/C10H5F3N6OS/c11-10(12,13)9-17-16-7(21-9)6-8(20)19(18-15-6)5-3-1-2-4-14-5/h1-4,18H. The Hall–Kier alpha value is -2.56. The van der Waals surface area contributed by atoms with E-state index < -0.39 is 16.7 Å². The molecule has 3 aromatic rings. The van der Waals surface area contributed by atoms with Crippen molar-refractivity contribution in [2.24, 2.45) is 0 Å². The van der Waals surface area contributed by atoms with E-state index in [1.54, 1.807) is 18.2 Å². The van der Waals surface area contributed by atoms with Crippen LogP contribution < -0.4 is 5.56 Å². The number of aromatic amines is 1. The summed E-state index contributed by atoms with van der Waals surface area (Å²) in [6, 6.07) is 4.86. The maximum Gasteiger partial charge on any atom is 0.445 e. The molecule has 0 fully saturated rings. The second kappa shape index (κ2) is 4.77. The molecule has 0 saturated carbocycles. The van der Waals surface area contributed by atoms with E-state index >= 15 is 0 Å². The topological polar surface area (TPSA) is 89.4 Å². The van der Waals surface area contributed by atoms with Crippen LogP contribution in [0, 0.1) is 0 Å². The number of pyridine rings is 1. The van der Waals surface area contributed by atoms with Gasteiger partial charge in [0.1, 0.15) is 0 Å². The summed E-state index contributed by atoms with van der Waals surface area (Å²) in [7, 11) is 0. The lowest BCUT2D eigenvalue weighted by Gasteiger charge is -1.97. The minimum absolute atomic E-state index is 0.210. The van der Waals surface area contributed by atoms with Gasteiger partial charge in [-0.05, 0) is 12.1 Å². The van der Waals surface area contributed by atoms with Gasteiger partial charge in [0.25, 0.3) is 0 Å². The highest BCUT2D eigenvalue weighted by molar-refractivity contribution is 7.14. The number of aromatic nitrogens is 6. The van der Waals surface area contributed by atoms with Gasteiger partial charge >= 0.3 is 11.7 Å². The summed E-state index contributed by atoms with van der Waals surface area (Å²) >= 11 is 0.252. The third-order valence-corrected chi connectivity index (χ3v) is 3.39. The van der Waals surface area contributed by atoms with E-state index in [2.05, 4.69) is 25.5 Å². The van der Waals surface area contributed by atoms with Crippen LogP contribution in [0.25, 0.3) is 16.5 Å². The third-order valence-electron chi connectivity index (χ3n) is 2.42. The molecule has 0 aliphatic carbocycles. The lowest BCUT2D eigenvalue weighted by atomic mass is 10.4. The average molecular weight is 314 g/mol. The largest absolute Gasteiger partial charge is 0.445 e. The van der Waals surface area contributed by atoms with Crippen LogP contribution in [0.3, 0.4) is 0 Å². The van der Waals surface area contributed by atoms with Crippen molar-refractivity contribution in [3.05, 3.63) is 39.8 Å². The predicted molar refractivity (Wildman–Crippen MR) is 65.9 cm³/mol. The number of H-pyrrole nitrogens is 1. The van der Waals surface area contributed by atoms with E-state index in [4.69, 9.17) is 0 Å². The van der Waals surface area contributed by atoms with Gasteiger partial charge in [0.15, 0.2) is 16.5 Å². The molecule has 0 aliphatic heterocycles. The Labute approximate surface area is 118 Å². The first-order valence-electron chi connectivity index (χ1n) is 5.47. The van der Waals surface area contributed by atoms with Crippen molar-refractivity contribution < 1.29 is 13.2 Å². The smallest absolute Gasteiger partial charge is 0.265 e. The van der Waals surface area contributed by atoms with E-state index in [0.29, 0.717) is 0 Å². The molecule has 108 valence electrons. The van der Waals surface area contributed by atoms with Gasteiger partial charge in [-0.25, -0.2) is 10.2 Å². The van der Waals surface area contributed by atoms with Crippen molar-refractivity contribution in [3.8, 4) is 16.5 Å². The fraction of sp³-hybridized carbons (Fsp3) is 0.100. The van der Waals surface area contributed by atoms with E-state index in [0.717, 1.165) is 4.68 Å². The van der Waals surface area contributed by atoms with Crippen molar-refractivity contribution in [2.75, 3.05) is 0 Å². The SMILES string of the molecule is O=c1c(-c2nnc(C(F)(F)F)s2)n[nH]n1-c1ccccn1. The molecular formula is C10H5F3N6OS. The van der Waals surface area contributed by atoms with Crippen LogP contribution in [-0.2, 0) is 6.18 Å². The quantitative estimate of drug-likeness (QED) is 0.774. The van der Waals surface area contributed by atoms with Gasteiger partial charge in [0, 0.05) is 6.20 Å². The second-order valence-corrected chi connectivity index (χ2v) is 4.78. The highest BCUT2D eigenvalue weighted by atomic mass is 32.1. The lowest BCUT2D eigenvalue weighted by molar-refractivity contribution is -0.138. The first kappa shape index (κ1) is 13.4. The molecule has 7 nitrogen and oxygen atoms in total. The molecule has 0 aliphatic rings. The number of nitrogens with zero attached hydrogens (tertiary/aromatic N) is 5. The van der Waals surface area contributed by atoms with Crippen molar-refractivity contribution in [1.82, 2.24) is 30.2 Å². The number of alkyl halides is 3.